The van der Waals surface area contributed by atoms with Gasteiger partial charge in [0.2, 0.25) is 0 Å². The van der Waals surface area contributed by atoms with Crippen LogP contribution in [0, 0.1) is 11.8 Å². The zero-order valence-electron chi connectivity index (χ0n) is 16.5. The van der Waals surface area contributed by atoms with Gasteiger partial charge in [-0.1, -0.05) is 19.8 Å². The van der Waals surface area contributed by atoms with E-state index < -0.39 is 0 Å². The van der Waals surface area contributed by atoms with Crippen LogP contribution in [0.3, 0.4) is 0 Å². The second kappa shape index (κ2) is 9.50. The van der Waals surface area contributed by atoms with Gasteiger partial charge in [0.15, 0.2) is 0 Å². The number of ether oxygens (including phenoxy) is 3. The molecule has 1 aliphatic carbocycles. The summed E-state index contributed by atoms with van der Waals surface area (Å²) in [6.45, 7) is 10.6. The Morgan fingerprint density at radius 3 is 2.68 bits per heavy atom. The quantitative estimate of drug-likeness (QED) is 0.278. The van der Waals surface area contributed by atoms with Crippen molar-refractivity contribution in [1.29, 1.82) is 0 Å². The third-order valence-electron chi connectivity index (χ3n) is 7.55. The summed E-state index contributed by atoms with van der Waals surface area (Å²) >= 11 is 0. The Morgan fingerprint density at radius 1 is 1.08 bits per heavy atom. The highest BCUT2D eigenvalue weighted by Crippen LogP contribution is 2.60. The van der Waals surface area contributed by atoms with E-state index in [2.05, 4.69) is 13.8 Å². The first-order valence-corrected chi connectivity index (χ1v) is 10.2. The van der Waals surface area contributed by atoms with Gasteiger partial charge in [0.05, 0.1) is 26.3 Å². The Bertz CT molecular complexity index is 410. The van der Waals surface area contributed by atoms with E-state index in [-0.39, 0.29) is 17.0 Å². The monoisotopic (exact) mass is 419 g/mol. The van der Waals surface area contributed by atoms with Crippen molar-refractivity contribution < 1.29 is 35.7 Å². The molecule has 0 bridgehead atoms. The number of unbranched alkanes of at least 4 members (excludes halogenated alkanes) is 3. The van der Waals surface area contributed by atoms with Crippen molar-refractivity contribution in [3.63, 3.8) is 0 Å². The summed E-state index contributed by atoms with van der Waals surface area (Å²) in [6.07, 6.45) is 10.1. The van der Waals surface area contributed by atoms with Gasteiger partial charge in [0.25, 0.3) is 0 Å². The lowest BCUT2D eigenvalue weighted by molar-refractivity contribution is -0.953. The molecule has 0 spiro atoms. The smallest absolute Gasteiger partial charge is 0.147 e. The van der Waals surface area contributed by atoms with Gasteiger partial charge in [-0.2, -0.15) is 0 Å². The third-order valence-corrected chi connectivity index (χ3v) is 7.55. The molecular formula is C20H38BrNO3. The topological polar surface area (TPSA) is 27.7 Å². The van der Waals surface area contributed by atoms with Crippen LogP contribution in [0.2, 0.25) is 0 Å². The Kier molecular flexibility index (Phi) is 8.21. The number of nitrogens with zero attached hydrogens (tertiary/aromatic N) is 1. The highest BCUT2D eigenvalue weighted by molar-refractivity contribution is 5.08. The summed E-state index contributed by atoms with van der Waals surface area (Å²) in [7, 11) is 1.71. The van der Waals surface area contributed by atoms with Crippen LogP contribution in [0.25, 0.3) is 0 Å². The number of hydrogen-bond acceptors (Lipinski definition) is 3. The molecule has 3 aliphatic rings. The average molecular weight is 420 g/mol. The third kappa shape index (κ3) is 3.96. The van der Waals surface area contributed by atoms with Gasteiger partial charge in [-0.05, 0) is 32.6 Å². The molecule has 0 radical (unpaired) electrons. The number of rotatable bonds is 11. The van der Waals surface area contributed by atoms with Crippen LogP contribution in [0.4, 0.5) is 0 Å². The lowest BCUT2D eigenvalue weighted by atomic mass is 9.83. The molecule has 0 aromatic heterocycles. The van der Waals surface area contributed by atoms with Crippen LogP contribution in [0.1, 0.15) is 58.8 Å². The molecule has 3 fully saturated rings. The number of halogens is 1. The molecule has 5 heteroatoms. The van der Waals surface area contributed by atoms with E-state index in [0.29, 0.717) is 31.6 Å². The van der Waals surface area contributed by atoms with E-state index >= 15 is 0 Å². The van der Waals surface area contributed by atoms with Crippen molar-refractivity contribution in [1.82, 2.24) is 0 Å². The lowest BCUT2D eigenvalue weighted by Gasteiger charge is -2.44. The molecule has 0 aromatic rings. The van der Waals surface area contributed by atoms with Crippen molar-refractivity contribution >= 4 is 0 Å². The standard InChI is InChI=1S/C20H38NO3.BrH/c1-4-5-6-7-11-21-12-10-17-8-9-18(20(17,21)2)19(15-21)24-16-23-14-13-22-3;/h17-19H,4-16H2,1-3H3;1H/q+1;/p-1/t17-,18+,19+,20+,21-;/m0./s1. The van der Waals surface area contributed by atoms with Gasteiger partial charge in [-0.15, -0.1) is 0 Å². The van der Waals surface area contributed by atoms with Crippen LogP contribution in [-0.4, -0.2) is 62.9 Å². The maximum absolute atomic E-state index is 6.24. The maximum atomic E-state index is 6.24. The normalized spacial score (nSPS) is 38.8. The first-order valence-electron chi connectivity index (χ1n) is 10.2. The van der Waals surface area contributed by atoms with Crippen LogP contribution in [0.15, 0.2) is 0 Å². The van der Waals surface area contributed by atoms with E-state index in [1.54, 1.807) is 7.11 Å². The van der Waals surface area contributed by atoms with E-state index in [4.69, 9.17) is 14.2 Å². The molecule has 0 unspecified atom stereocenters. The minimum Gasteiger partial charge on any atom is -1.00 e. The summed E-state index contributed by atoms with van der Waals surface area (Å²) in [5, 5.41) is 0. The number of hydrogen-bond donors (Lipinski definition) is 0. The van der Waals surface area contributed by atoms with Crippen molar-refractivity contribution in [3.05, 3.63) is 0 Å². The van der Waals surface area contributed by atoms with E-state index in [1.807, 2.05) is 0 Å². The molecule has 25 heavy (non-hydrogen) atoms. The van der Waals surface area contributed by atoms with Gasteiger partial charge < -0.3 is 35.7 Å². The first-order chi connectivity index (χ1) is 11.7. The summed E-state index contributed by atoms with van der Waals surface area (Å²) in [5.41, 5.74) is 0.476. The zero-order chi connectivity index (χ0) is 17.0. The summed E-state index contributed by atoms with van der Waals surface area (Å²) < 4.78 is 18.2. The maximum Gasteiger partial charge on any atom is 0.147 e. The molecule has 3 rings (SSSR count). The fourth-order valence-electron chi connectivity index (χ4n) is 6.20. The second-order valence-electron chi connectivity index (χ2n) is 8.45. The predicted molar refractivity (Wildman–Crippen MR) is 95.8 cm³/mol. The van der Waals surface area contributed by atoms with Crippen LogP contribution < -0.4 is 17.0 Å². The number of quaternary nitrogens is 1. The molecule has 0 N–H and O–H groups in total. The second-order valence-corrected chi connectivity index (χ2v) is 8.45. The molecule has 0 amide bonds. The van der Waals surface area contributed by atoms with Crippen LogP contribution >= 0.6 is 0 Å². The molecule has 2 aliphatic heterocycles. The number of methoxy groups -OCH3 is 1. The van der Waals surface area contributed by atoms with Gasteiger partial charge in [-0.25, -0.2) is 0 Å². The molecule has 0 aromatic carbocycles. The zero-order valence-corrected chi connectivity index (χ0v) is 18.1. The van der Waals surface area contributed by atoms with Gasteiger partial charge in [0, 0.05) is 25.4 Å². The van der Waals surface area contributed by atoms with Crippen LogP contribution in [0.5, 0.6) is 0 Å². The first kappa shape index (κ1) is 21.6. The Morgan fingerprint density at radius 2 is 1.92 bits per heavy atom. The summed E-state index contributed by atoms with van der Waals surface area (Å²) in [6, 6.07) is 0. The van der Waals surface area contributed by atoms with Gasteiger partial charge >= 0.3 is 0 Å². The molecular weight excluding hydrogens is 382 g/mol. The molecule has 5 atom stereocenters. The lowest BCUT2D eigenvalue weighted by Crippen LogP contribution is -3.00. The van der Waals surface area contributed by atoms with E-state index in [0.717, 1.165) is 11.8 Å². The van der Waals surface area contributed by atoms with Crippen molar-refractivity contribution in [2.75, 3.05) is 46.8 Å². The van der Waals surface area contributed by atoms with Gasteiger partial charge in [-0.3, -0.25) is 0 Å². The van der Waals surface area contributed by atoms with E-state index in [9.17, 15) is 0 Å². The fourth-order valence-corrected chi connectivity index (χ4v) is 6.20. The Labute approximate surface area is 164 Å². The fraction of sp³-hybridized carbons (Fsp3) is 1.00. The molecule has 1 saturated carbocycles. The average Bonchev–Trinajstić information content (AvgIpc) is 3.14. The molecule has 4 nitrogen and oxygen atoms in total. The predicted octanol–water partition coefficient (Wildman–Crippen LogP) is 0.595. The SMILES string of the molecule is CCCCCC[N@+]12CC[C@@H]3CC[C@H]([C@H](OCOCCOC)C1)[C@@]32C.[Br-]. The summed E-state index contributed by atoms with van der Waals surface area (Å²) in [5.74, 6) is 1.67. The van der Waals surface area contributed by atoms with Crippen molar-refractivity contribution in [2.24, 2.45) is 11.8 Å². The minimum absolute atomic E-state index is 0. The van der Waals surface area contributed by atoms with Crippen molar-refractivity contribution in [3.8, 4) is 0 Å². The highest BCUT2D eigenvalue weighted by Gasteiger charge is 2.71. The van der Waals surface area contributed by atoms with Gasteiger partial charge in [0.1, 0.15) is 25.0 Å². The molecule has 2 heterocycles. The summed E-state index contributed by atoms with van der Waals surface area (Å²) in [4.78, 5) is 0. The van der Waals surface area contributed by atoms with Crippen LogP contribution in [-0.2, 0) is 14.2 Å². The largest absolute Gasteiger partial charge is 1.00 e. The Hall–Kier alpha value is 0.320. The Balaban J connectivity index is 0.00000225. The highest BCUT2D eigenvalue weighted by atomic mass is 79.9. The van der Waals surface area contributed by atoms with Crippen molar-refractivity contribution in [2.45, 2.75) is 70.4 Å². The molecule has 148 valence electrons. The molecule has 2 saturated heterocycles. The van der Waals surface area contributed by atoms with E-state index in [1.165, 1.54) is 69.1 Å². The minimum atomic E-state index is 0.